The highest BCUT2D eigenvalue weighted by Gasteiger charge is 2.50. The van der Waals surface area contributed by atoms with E-state index in [-0.39, 0.29) is 17.1 Å². The lowest BCUT2D eigenvalue weighted by Crippen LogP contribution is -2.44. The summed E-state index contributed by atoms with van der Waals surface area (Å²) in [5.74, 6) is 2.87. The minimum atomic E-state index is -0.0844. The quantitative estimate of drug-likeness (QED) is 0.806. The number of thioether (sulfide) groups is 1. The fourth-order valence-corrected chi connectivity index (χ4v) is 4.64. The first kappa shape index (κ1) is 11.4. The third kappa shape index (κ3) is 1.91. The number of hydrogen-bond donors (Lipinski definition) is 1. The maximum absolute atomic E-state index is 10.5. The molecule has 3 rings (SSSR count). The van der Waals surface area contributed by atoms with E-state index in [0.717, 1.165) is 25.2 Å². The van der Waals surface area contributed by atoms with Crippen LogP contribution in [-0.4, -0.2) is 34.9 Å². The van der Waals surface area contributed by atoms with E-state index >= 15 is 0 Å². The maximum Gasteiger partial charge on any atom is 0.0783 e. The van der Waals surface area contributed by atoms with Crippen LogP contribution in [0.25, 0.3) is 0 Å². The van der Waals surface area contributed by atoms with E-state index in [0.29, 0.717) is 5.92 Å². The molecule has 0 aromatic heterocycles. The lowest BCUT2D eigenvalue weighted by Gasteiger charge is -2.41. The van der Waals surface area contributed by atoms with Crippen LogP contribution in [0.15, 0.2) is 0 Å². The van der Waals surface area contributed by atoms with Crippen molar-refractivity contribution in [2.24, 2.45) is 11.3 Å². The molecule has 0 radical (unpaired) electrons. The van der Waals surface area contributed by atoms with Crippen LogP contribution in [0.3, 0.4) is 0 Å². The van der Waals surface area contributed by atoms with E-state index in [9.17, 15) is 5.11 Å². The molecule has 0 amide bonds. The summed E-state index contributed by atoms with van der Waals surface area (Å²) < 4.78 is 6.01. The molecule has 3 unspecified atom stereocenters. The van der Waals surface area contributed by atoms with E-state index in [1.165, 1.54) is 25.0 Å². The molecule has 2 nitrogen and oxygen atoms in total. The molecule has 3 atom stereocenters. The monoisotopic (exact) mass is 242 g/mol. The zero-order valence-corrected chi connectivity index (χ0v) is 10.9. The van der Waals surface area contributed by atoms with E-state index in [1.807, 2.05) is 11.8 Å². The summed E-state index contributed by atoms with van der Waals surface area (Å²) in [5.41, 5.74) is 0.370. The molecule has 3 heteroatoms. The van der Waals surface area contributed by atoms with Crippen LogP contribution in [0.2, 0.25) is 0 Å². The summed E-state index contributed by atoms with van der Waals surface area (Å²) in [7, 11) is 0. The Balaban J connectivity index is 1.67. The van der Waals surface area contributed by atoms with Gasteiger partial charge in [-0.3, -0.25) is 0 Å². The van der Waals surface area contributed by atoms with Gasteiger partial charge in [-0.25, -0.2) is 0 Å². The number of hydrogen-bond acceptors (Lipinski definition) is 3. The van der Waals surface area contributed by atoms with Crippen molar-refractivity contribution in [3.8, 4) is 0 Å². The lowest BCUT2D eigenvalue weighted by atomic mass is 9.78. The molecule has 2 saturated heterocycles. The molecular weight excluding hydrogens is 220 g/mol. The minimum absolute atomic E-state index is 0.0844. The molecule has 16 heavy (non-hydrogen) atoms. The summed E-state index contributed by atoms with van der Waals surface area (Å²) in [4.78, 5) is 0. The maximum atomic E-state index is 10.5. The zero-order valence-electron chi connectivity index (χ0n) is 10.1. The molecule has 2 aliphatic heterocycles. The summed E-state index contributed by atoms with van der Waals surface area (Å²) in [5, 5.41) is 10.5. The molecule has 1 aliphatic carbocycles. The van der Waals surface area contributed by atoms with Crippen LogP contribution in [0, 0.1) is 11.3 Å². The Bertz CT molecular complexity index is 269. The van der Waals surface area contributed by atoms with Gasteiger partial charge in [-0.1, -0.05) is 6.92 Å². The second-order valence-electron chi connectivity index (χ2n) is 6.19. The van der Waals surface area contributed by atoms with Crippen molar-refractivity contribution >= 4 is 11.8 Å². The van der Waals surface area contributed by atoms with Crippen molar-refractivity contribution in [3.63, 3.8) is 0 Å². The van der Waals surface area contributed by atoms with Crippen LogP contribution in [-0.2, 0) is 4.74 Å². The number of aliphatic hydroxyl groups excluding tert-OH is 1. The smallest absolute Gasteiger partial charge is 0.0783 e. The van der Waals surface area contributed by atoms with Gasteiger partial charge in [-0.05, 0) is 49.2 Å². The van der Waals surface area contributed by atoms with Crippen molar-refractivity contribution in [1.29, 1.82) is 0 Å². The molecule has 1 spiro atoms. The Kier molecular flexibility index (Phi) is 2.76. The van der Waals surface area contributed by atoms with Crippen LogP contribution in [0.4, 0.5) is 0 Å². The van der Waals surface area contributed by atoms with E-state index in [1.54, 1.807) is 0 Å². The summed E-state index contributed by atoms with van der Waals surface area (Å²) in [6, 6.07) is 0. The van der Waals surface area contributed by atoms with Crippen molar-refractivity contribution in [3.05, 3.63) is 0 Å². The third-order valence-corrected chi connectivity index (χ3v) is 6.02. The average Bonchev–Trinajstić information content (AvgIpc) is 2.89. The molecular formula is C13H22O2S. The predicted molar refractivity (Wildman–Crippen MR) is 66.7 cm³/mol. The SMILES string of the molecule is CC1(C(O)C2CCOC3(CCSC3)C2)CC1. The third-order valence-electron chi connectivity index (χ3n) is 4.80. The molecule has 0 aromatic carbocycles. The van der Waals surface area contributed by atoms with E-state index in [2.05, 4.69) is 6.92 Å². The van der Waals surface area contributed by atoms with Gasteiger partial charge in [0.25, 0.3) is 0 Å². The lowest BCUT2D eigenvalue weighted by molar-refractivity contribution is -0.110. The van der Waals surface area contributed by atoms with Crippen molar-refractivity contribution in [2.45, 2.75) is 50.7 Å². The number of ether oxygens (including phenoxy) is 1. The van der Waals surface area contributed by atoms with Gasteiger partial charge in [-0.15, -0.1) is 0 Å². The fourth-order valence-electron chi connectivity index (χ4n) is 3.26. The predicted octanol–water partition coefficient (Wildman–Crippen LogP) is 2.45. The molecule has 92 valence electrons. The Morgan fingerprint density at radius 1 is 1.38 bits per heavy atom. The fraction of sp³-hybridized carbons (Fsp3) is 1.00. The highest BCUT2D eigenvalue weighted by Crippen LogP contribution is 2.53. The molecule has 0 bridgehead atoms. The molecule has 1 N–H and O–H groups in total. The Hall–Kier alpha value is 0.270. The zero-order chi connectivity index (χ0) is 11.2. The average molecular weight is 242 g/mol. The normalized spacial score (nSPS) is 43.5. The topological polar surface area (TPSA) is 29.5 Å². The van der Waals surface area contributed by atoms with Gasteiger partial charge in [0.1, 0.15) is 0 Å². The van der Waals surface area contributed by atoms with E-state index in [4.69, 9.17) is 4.74 Å². The first-order valence-electron chi connectivity index (χ1n) is 6.53. The Labute approximate surface area is 102 Å². The van der Waals surface area contributed by atoms with Crippen LogP contribution in [0.5, 0.6) is 0 Å². The first-order valence-corrected chi connectivity index (χ1v) is 7.69. The molecule has 3 fully saturated rings. The molecule has 3 aliphatic rings. The highest BCUT2D eigenvalue weighted by atomic mass is 32.2. The largest absolute Gasteiger partial charge is 0.392 e. The summed E-state index contributed by atoms with van der Waals surface area (Å²) in [6.07, 6.45) is 5.69. The first-order chi connectivity index (χ1) is 7.64. The van der Waals surface area contributed by atoms with Crippen LogP contribution in [0.1, 0.15) is 39.0 Å². The number of aliphatic hydroxyl groups is 1. The van der Waals surface area contributed by atoms with Crippen molar-refractivity contribution < 1.29 is 9.84 Å². The van der Waals surface area contributed by atoms with Gasteiger partial charge in [0.05, 0.1) is 11.7 Å². The van der Waals surface area contributed by atoms with Crippen molar-refractivity contribution in [2.75, 3.05) is 18.1 Å². The van der Waals surface area contributed by atoms with Crippen molar-refractivity contribution in [1.82, 2.24) is 0 Å². The van der Waals surface area contributed by atoms with Gasteiger partial charge in [0, 0.05) is 12.4 Å². The van der Waals surface area contributed by atoms with Gasteiger partial charge >= 0.3 is 0 Å². The molecule has 2 heterocycles. The molecule has 0 aromatic rings. The second-order valence-corrected chi connectivity index (χ2v) is 7.29. The highest BCUT2D eigenvalue weighted by molar-refractivity contribution is 7.99. The summed E-state index contributed by atoms with van der Waals surface area (Å²) >= 11 is 2.01. The minimum Gasteiger partial charge on any atom is -0.392 e. The van der Waals surface area contributed by atoms with Gasteiger partial charge in [-0.2, -0.15) is 11.8 Å². The Morgan fingerprint density at radius 2 is 2.19 bits per heavy atom. The van der Waals surface area contributed by atoms with Gasteiger partial charge in [0.15, 0.2) is 0 Å². The van der Waals surface area contributed by atoms with Crippen LogP contribution < -0.4 is 0 Å². The Morgan fingerprint density at radius 3 is 2.81 bits per heavy atom. The van der Waals surface area contributed by atoms with Gasteiger partial charge in [0.2, 0.25) is 0 Å². The molecule has 1 saturated carbocycles. The number of rotatable bonds is 2. The van der Waals surface area contributed by atoms with Crippen LogP contribution >= 0.6 is 11.8 Å². The second kappa shape index (κ2) is 3.89. The van der Waals surface area contributed by atoms with E-state index < -0.39 is 0 Å². The summed E-state index contributed by atoms with van der Waals surface area (Å²) in [6.45, 7) is 3.10. The van der Waals surface area contributed by atoms with Gasteiger partial charge < -0.3 is 9.84 Å². The standard InChI is InChI=1S/C13H22O2S/c1-12(3-4-12)11(14)10-2-6-15-13(8-10)5-7-16-9-13/h10-11,14H,2-9H2,1H3.